The van der Waals surface area contributed by atoms with E-state index in [1.165, 1.54) is 18.2 Å². The molecule has 9 nitrogen and oxygen atoms in total. The maximum absolute atomic E-state index is 13.8. The number of hydrogen-bond donors (Lipinski definition) is 2. The van der Waals surface area contributed by atoms with Gasteiger partial charge in [-0.2, -0.15) is 0 Å². The predicted molar refractivity (Wildman–Crippen MR) is 160 cm³/mol. The Labute approximate surface area is 245 Å². The van der Waals surface area contributed by atoms with Crippen LogP contribution in [0.3, 0.4) is 0 Å². The lowest BCUT2D eigenvalue weighted by Crippen LogP contribution is -2.49. The number of nitrogens with one attached hydrogen (secondary N) is 2. The van der Waals surface area contributed by atoms with Gasteiger partial charge in [-0.1, -0.05) is 18.2 Å². The molecule has 3 aromatic rings. The average molecular weight is 574 g/mol. The molecule has 2 fully saturated rings. The van der Waals surface area contributed by atoms with Gasteiger partial charge in [0.2, 0.25) is 5.91 Å². The predicted octanol–water partition coefficient (Wildman–Crippen LogP) is 3.41. The normalized spacial score (nSPS) is 15.6. The van der Waals surface area contributed by atoms with Crippen molar-refractivity contribution in [1.29, 1.82) is 0 Å². The fourth-order valence-electron chi connectivity index (χ4n) is 5.33. The first-order chi connectivity index (χ1) is 20.4. The first-order valence-corrected chi connectivity index (χ1v) is 14.3. The second-order valence-corrected chi connectivity index (χ2v) is 10.5. The van der Waals surface area contributed by atoms with E-state index in [0.717, 1.165) is 36.5 Å². The van der Waals surface area contributed by atoms with Crippen molar-refractivity contribution in [2.75, 3.05) is 69.7 Å². The highest BCUT2D eigenvalue weighted by molar-refractivity contribution is 6.07. The number of amides is 3. The van der Waals surface area contributed by atoms with Gasteiger partial charge in [0.1, 0.15) is 11.6 Å². The summed E-state index contributed by atoms with van der Waals surface area (Å²) in [6.45, 7) is 5.02. The molecule has 220 valence electrons. The van der Waals surface area contributed by atoms with Crippen molar-refractivity contribution in [2.45, 2.75) is 12.8 Å². The third kappa shape index (κ3) is 7.06. The van der Waals surface area contributed by atoms with Crippen LogP contribution < -0.4 is 20.3 Å². The number of anilines is 2. The third-order valence-corrected chi connectivity index (χ3v) is 7.69. The van der Waals surface area contributed by atoms with Gasteiger partial charge in [-0.3, -0.25) is 14.4 Å². The molecule has 0 bridgehead atoms. The molecule has 0 spiro atoms. The first-order valence-electron chi connectivity index (χ1n) is 14.3. The lowest BCUT2D eigenvalue weighted by molar-refractivity contribution is -0.130. The highest BCUT2D eigenvalue weighted by Crippen LogP contribution is 2.30. The number of methoxy groups -OCH3 is 1. The molecule has 2 saturated heterocycles. The minimum atomic E-state index is -0.503. The van der Waals surface area contributed by atoms with Gasteiger partial charge in [-0.25, -0.2) is 4.39 Å². The zero-order valence-corrected chi connectivity index (χ0v) is 23.8. The lowest BCUT2D eigenvalue weighted by atomic mass is 10.1. The zero-order chi connectivity index (χ0) is 29.5. The van der Waals surface area contributed by atoms with Crippen molar-refractivity contribution in [3.63, 3.8) is 0 Å². The Balaban J connectivity index is 1.32. The Morgan fingerprint density at radius 3 is 2.38 bits per heavy atom. The molecular formula is C32H36FN5O4. The molecule has 0 saturated carbocycles. The SMILES string of the molecule is COc1ccc(CC(=O)N2CCN(c3ccc(C(=O)N4CCCNCC4)cc3NC(=O)c3cccc(F)c3)CC2)cc1. The van der Waals surface area contributed by atoms with E-state index in [1.807, 2.05) is 40.1 Å². The topological polar surface area (TPSA) is 94.2 Å². The van der Waals surface area contributed by atoms with Crippen LogP contribution in [0, 0.1) is 5.82 Å². The number of carbonyl (C=O) groups is 3. The number of hydrogen-bond acceptors (Lipinski definition) is 6. The summed E-state index contributed by atoms with van der Waals surface area (Å²) in [6, 6.07) is 18.3. The van der Waals surface area contributed by atoms with Crippen LogP contribution >= 0.6 is 0 Å². The number of ether oxygens (including phenoxy) is 1. The largest absolute Gasteiger partial charge is 0.497 e. The Kier molecular flexibility index (Phi) is 9.33. The number of piperazine rings is 1. The molecular weight excluding hydrogens is 537 g/mol. The Hall–Kier alpha value is -4.44. The van der Waals surface area contributed by atoms with E-state index in [2.05, 4.69) is 15.5 Å². The third-order valence-electron chi connectivity index (χ3n) is 7.69. The average Bonchev–Trinajstić information content (AvgIpc) is 3.31. The summed E-state index contributed by atoms with van der Waals surface area (Å²) in [6.07, 6.45) is 1.18. The van der Waals surface area contributed by atoms with Crippen LogP contribution in [-0.4, -0.2) is 87.0 Å². The van der Waals surface area contributed by atoms with Gasteiger partial charge in [0, 0.05) is 56.9 Å². The van der Waals surface area contributed by atoms with Crippen LogP contribution in [0.2, 0.25) is 0 Å². The van der Waals surface area contributed by atoms with Crippen molar-refractivity contribution in [3.8, 4) is 5.75 Å². The molecule has 5 rings (SSSR count). The van der Waals surface area contributed by atoms with E-state index in [-0.39, 0.29) is 17.4 Å². The zero-order valence-electron chi connectivity index (χ0n) is 23.8. The smallest absolute Gasteiger partial charge is 0.255 e. The lowest BCUT2D eigenvalue weighted by Gasteiger charge is -2.37. The van der Waals surface area contributed by atoms with E-state index in [0.29, 0.717) is 56.9 Å². The number of rotatable bonds is 7. The van der Waals surface area contributed by atoms with Crippen LogP contribution in [0.5, 0.6) is 5.75 Å². The molecule has 3 aromatic carbocycles. The van der Waals surface area contributed by atoms with Crippen molar-refractivity contribution >= 4 is 29.1 Å². The van der Waals surface area contributed by atoms with Crippen LogP contribution in [-0.2, 0) is 11.2 Å². The van der Waals surface area contributed by atoms with Gasteiger partial charge in [-0.15, -0.1) is 0 Å². The summed E-state index contributed by atoms with van der Waals surface area (Å²) < 4.78 is 19.0. The highest BCUT2D eigenvalue weighted by Gasteiger charge is 2.25. The molecule has 2 aliphatic rings. The molecule has 0 atom stereocenters. The Morgan fingerprint density at radius 1 is 0.857 bits per heavy atom. The molecule has 0 aromatic heterocycles. The highest BCUT2D eigenvalue weighted by atomic mass is 19.1. The molecule has 0 unspecified atom stereocenters. The van der Waals surface area contributed by atoms with Crippen molar-refractivity contribution < 1.29 is 23.5 Å². The number of carbonyl (C=O) groups excluding carboxylic acids is 3. The molecule has 10 heteroatoms. The summed E-state index contributed by atoms with van der Waals surface area (Å²) in [5.74, 6) is -0.270. The number of nitrogens with zero attached hydrogens (tertiary/aromatic N) is 3. The molecule has 2 N–H and O–H groups in total. The molecule has 42 heavy (non-hydrogen) atoms. The monoisotopic (exact) mass is 573 g/mol. The number of halogens is 1. The minimum absolute atomic E-state index is 0.0485. The summed E-state index contributed by atoms with van der Waals surface area (Å²) >= 11 is 0. The summed E-state index contributed by atoms with van der Waals surface area (Å²) in [5, 5.41) is 6.22. The second kappa shape index (κ2) is 13.5. The maximum atomic E-state index is 13.8. The van der Waals surface area contributed by atoms with E-state index in [1.54, 1.807) is 25.3 Å². The van der Waals surface area contributed by atoms with Crippen molar-refractivity contribution in [3.05, 3.63) is 89.2 Å². The fraction of sp³-hybridized carbons (Fsp3) is 0.344. The molecule has 2 aliphatic heterocycles. The van der Waals surface area contributed by atoms with Crippen LogP contribution in [0.15, 0.2) is 66.7 Å². The quantitative estimate of drug-likeness (QED) is 0.450. The van der Waals surface area contributed by atoms with E-state index in [9.17, 15) is 18.8 Å². The molecule has 0 aliphatic carbocycles. The molecule has 0 radical (unpaired) electrons. The first kappa shape index (κ1) is 29.1. The van der Waals surface area contributed by atoms with Gasteiger partial charge < -0.3 is 30.1 Å². The van der Waals surface area contributed by atoms with Gasteiger partial charge in [0.25, 0.3) is 11.8 Å². The Morgan fingerprint density at radius 2 is 1.64 bits per heavy atom. The fourth-order valence-corrected chi connectivity index (χ4v) is 5.33. The van der Waals surface area contributed by atoms with E-state index >= 15 is 0 Å². The molecule has 2 heterocycles. The van der Waals surface area contributed by atoms with Gasteiger partial charge >= 0.3 is 0 Å². The minimum Gasteiger partial charge on any atom is -0.497 e. The van der Waals surface area contributed by atoms with E-state index < -0.39 is 11.7 Å². The van der Waals surface area contributed by atoms with Crippen LogP contribution in [0.25, 0.3) is 0 Å². The Bertz CT molecular complexity index is 1410. The van der Waals surface area contributed by atoms with Crippen molar-refractivity contribution in [2.24, 2.45) is 0 Å². The van der Waals surface area contributed by atoms with Gasteiger partial charge in [-0.05, 0) is 67.1 Å². The standard InChI is InChI=1S/C32H36FN5O4/c1-42-27-9-6-23(7-10-27)20-30(39)37-18-16-36(17-19-37)29-11-8-25(32(41)38-14-3-12-34-13-15-38)22-28(29)35-31(40)24-4-2-5-26(33)21-24/h2,4-11,21-22,34H,3,12-20H2,1H3,(H,35,40). The maximum Gasteiger partial charge on any atom is 0.255 e. The summed E-state index contributed by atoms with van der Waals surface area (Å²) in [4.78, 5) is 45.3. The van der Waals surface area contributed by atoms with E-state index in [4.69, 9.17) is 4.74 Å². The van der Waals surface area contributed by atoms with Crippen LogP contribution in [0.4, 0.5) is 15.8 Å². The summed E-state index contributed by atoms with van der Waals surface area (Å²) in [5.41, 5.74) is 2.80. The van der Waals surface area contributed by atoms with Gasteiger partial charge in [0.05, 0.1) is 24.9 Å². The van der Waals surface area contributed by atoms with Gasteiger partial charge in [0.15, 0.2) is 0 Å². The van der Waals surface area contributed by atoms with Crippen molar-refractivity contribution in [1.82, 2.24) is 15.1 Å². The number of benzene rings is 3. The molecule has 3 amide bonds. The second-order valence-electron chi connectivity index (χ2n) is 10.5. The van der Waals surface area contributed by atoms with Crippen LogP contribution in [0.1, 0.15) is 32.7 Å². The summed E-state index contributed by atoms with van der Waals surface area (Å²) in [7, 11) is 1.61.